The zero-order valence-corrected chi connectivity index (χ0v) is 16.2. The lowest BCUT2D eigenvalue weighted by Crippen LogP contribution is -2.39. The number of nitrogens with one attached hydrogen (secondary N) is 2. The molecule has 1 aliphatic heterocycles. The van der Waals surface area contributed by atoms with E-state index >= 15 is 0 Å². The Morgan fingerprint density at radius 1 is 1.25 bits per heavy atom. The summed E-state index contributed by atoms with van der Waals surface area (Å²) < 4.78 is 30.8. The van der Waals surface area contributed by atoms with E-state index in [9.17, 15) is 18.0 Å². The molecule has 4 N–H and O–H groups in total. The van der Waals surface area contributed by atoms with E-state index < -0.39 is 15.9 Å². The van der Waals surface area contributed by atoms with E-state index in [2.05, 4.69) is 10.0 Å². The number of anilines is 1. The molecule has 3 rings (SSSR count). The standard InChI is InChI=1S/C18H22N4O5S/c1-20-28(25,26)16-9-8-15(27-16)18(24)21-13-6-3-2-5-12(13)11-22-10-4-7-14(22)17(19)23/h2-3,5-6,8-9,14,20H,4,7,10-11H2,1H3,(H2,19,23)(H,21,24). The van der Waals surface area contributed by atoms with E-state index in [-0.39, 0.29) is 22.8 Å². The fourth-order valence-corrected chi connectivity index (χ4v) is 3.86. The van der Waals surface area contributed by atoms with Gasteiger partial charge in [0.15, 0.2) is 5.76 Å². The number of sulfonamides is 1. The Kier molecular flexibility index (Phi) is 5.82. The number of hydrogen-bond acceptors (Lipinski definition) is 6. The first-order chi connectivity index (χ1) is 13.3. The van der Waals surface area contributed by atoms with Crippen LogP contribution in [0.2, 0.25) is 0 Å². The lowest BCUT2D eigenvalue weighted by Gasteiger charge is -2.23. The molecule has 0 saturated carbocycles. The molecule has 10 heteroatoms. The van der Waals surface area contributed by atoms with Crippen LogP contribution in [0.3, 0.4) is 0 Å². The van der Waals surface area contributed by atoms with Crippen molar-refractivity contribution in [2.75, 3.05) is 18.9 Å². The van der Waals surface area contributed by atoms with Gasteiger partial charge in [-0.05, 0) is 50.2 Å². The number of rotatable bonds is 7. The number of nitrogens with zero attached hydrogens (tertiary/aromatic N) is 1. The first kappa shape index (κ1) is 20.1. The van der Waals surface area contributed by atoms with Crippen LogP contribution in [-0.4, -0.2) is 44.8 Å². The van der Waals surface area contributed by atoms with Crippen molar-refractivity contribution in [1.29, 1.82) is 0 Å². The maximum Gasteiger partial charge on any atom is 0.291 e. The summed E-state index contributed by atoms with van der Waals surface area (Å²) >= 11 is 0. The van der Waals surface area contributed by atoms with Gasteiger partial charge in [0, 0.05) is 12.2 Å². The average molecular weight is 406 g/mol. The normalized spacial score (nSPS) is 17.5. The second kappa shape index (κ2) is 8.13. The molecular formula is C18H22N4O5S. The summed E-state index contributed by atoms with van der Waals surface area (Å²) in [6, 6.07) is 9.39. The lowest BCUT2D eigenvalue weighted by molar-refractivity contribution is -0.122. The van der Waals surface area contributed by atoms with E-state index in [0.29, 0.717) is 12.2 Å². The molecule has 0 bridgehead atoms. The minimum atomic E-state index is -3.77. The summed E-state index contributed by atoms with van der Waals surface area (Å²) in [4.78, 5) is 26.1. The Balaban J connectivity index is 1.76. The molecule has 2 amide bonds. The van der Waals surface area contributed by atoms with Crippen LogP contribution in [0.5, 0.6) is 0 Å². The number of primary amides is 1. The third-order valence-corrected chi connectivity index (χ3v) is 5.96. The molecule has 0 radical (unpaired) electrons. The predicted molar refractivity (Wildman–Crippen MR) is 102 cm³/mol. The van der Waals surface area contributed by atoms with E-state index in [4.69, 9.17) is 10.2 Å². The van der Waals surface area contributed by atoms with Crippen molar-refractivity contribution in [1.82, 2.24) is 9.62 Å². The topological polar surface area (TPSA) is 135 Å². The van der Waals surface area contributed by atoms with Crippen LogP contribution < -0.4 is 15.8 Å². The third-order valence-electron chi connectivity index (χ3n) is 4.67. The van der Waals surface area contributed by atoms with Crippen molar-refractivity contribution in [3.63, 3.8) is 0 Å². The van der Waals surface area contributed by atoms with Crippen LogP contribution in [0.1, 0.15) is 29.0 Å². The molecule has 2 heterocycles. The Bertz CT molecular complexity index is 985. The van der Waals surface area contributed by atoms with Gasteiger partial charge in [0.25, 0.3) is 15.9 Å². The molecule has 9 nitrogen and oxygen atoms in total. The number of carbonyl (C=O) groups excluding carboxylic acids is 2. The third kappa shape index (κ3) is 4.24. The second-order valence-electron chi connectivity index (χ2n) is 6.47. The highest BCUT2D eigenvalue weighted by Gasteiger charge is 2.29. The van der Waals surface area contributed by atoms with Gasteiger partial charge in [-0.2, -0.15) is 0 Å². The molecule has 1 atom stereocenters. The van der Waals surface area contributed by atoms with Gasteiger partial charge in [-0.25, -0.2) is 13.1 Å². The first-order valence-electron chi connectivity index (χ1n) is 8.78. The number of nitrogens with two attached hydrogens (primary N) is 1. The fourth-order valence-electron chi connectivity index (χ4n) is 3.21. The van der Waals surface area contributed by atoms with Gasteiger partial charge in [0.2, 0.25) is 11.0 Å². The van der Waals surface area contributed by atoms with Gasteiger partial charge in [-0.15, -0.1) is 0 Å². The van der Waals surface area contributed by atoms with E-state index in [0.717, 1.165) is 24.9 Å². The number of carbonyl (C=O) groups is 2. The smallest absolute Gasteiger partial charge is 0.291 e. The second-order valence-corrected chi connectivity index (χ2v) is 8.29. The Morgan fingerprint density at radius 2 is 2.00 bits per heavy atom. The first-order valence-corrected chi connectivity index (χ1v) is 10.3. The molecule has 1 aliphatic rings. The zero-order chi connectivity index (χ0) is 20.3. The number of likely N-dealkylation sites (tertiary alicyclic amines) is 1. The molecule has 28 heavy (non-hydrogen) atoms. The molecule has 0 aliphatic carbocycles. The number of furan rings is 1. The zero-order valence-electron chi connectivity index (χ0n) is 15.3. The highest BCUT2D eigenvalue weighted by atomic mass is 32.2. The van der Waals surface area contributed by atoms with Crippen molar-refractivity contribution in [2.24, 2.45) is 5.73 Å². The van der Waals surface area contributed by atoms with E-state index in [1.165, 1.54) is 19.2 Å². The molecule has 1 unspecified atom stereocenters. The minimum Gasteiger partial charge on any atom is -0.438 e. The maximum atomic E-state index is 12.5. The number of amides is 2. The minimum absolute atomic E-state index is 0.125. The van der Waals surface area contributed by atoms with E-state index in [1.807, 2.05) is 17.0 Å². The summed E-state index contributed by atoms with van der Waals surface area (Å²) in [6.45, 7) is 1.21. The van der Waals surface area contributed by atoms with Gasteiger partial charge in [-0.1, -0.05) is 18.2 Å². The highest BCUT2D eigenvalue weighted by molar-refractivity contribution is 7.89. The molecule has 1 aromatic heterocycles. The fraction of sp³-hybridized carbons (Fsp3) is 0.333. The predicted octanol–water partition coefficient (Wildman–Crippen LogP) is 0.890. The van der Waals surface area contributed by atoms with Crippen LogP contribution in [0.4, 0.5) is 5.69 Å². The molecule has 1 aromatic carbocycles. The van der Waals surface area contributed by atoms with Gasteiger partial charge in [0.05, 0.1) is 6.04 Å². The Morgan fingerprint density at radius 3 is 2.71 bits per heavy atom. The van der Waals surface area contributed by atoms with Crippen molar-refractivity contribution < 1.29 is 22.4 Å². The highest BCUT2D eigenvalue weighted by Crippen LogP contribution is 2.24. The number of benzene rings is 1. The Labute approximate surface area is 162 Å². The van der Waals surface area contributed by atoms with Crippen LogP contribution in [0, 0.1) is 0 Å². The van der Waals surface area contributed by atoms with Crippen molar-refractivity contribution in [3.05, 3.63) is 47.7 Å². The summed E-state index contributed by atoms with van der Waals surface area (Å²) in [5.74, 6) is -1.05. The van der Waals surface area contributed by atoms with Gasteiger partial charge in [-0.3, -0.25) is 14.5 Å². The van der Waals surface area contributed by atoms with Gasteiger partial charge in [0.1, 0.15) is 0 Å². The van der Waals surface area contributed by atoms with Crippen molar-refractivity contribution in [2.45, 2.75) is 30.5 Å². The monoisotopic (exact) mass is 406 g/mol. The van der Waals surface area contributed by atoms with Crippen molar-refractivity contribution >= 4 is 27.5 Å². The molecule has 1 fully saturated rings. The summed E-state index contributed by atoms with van der Waals surface area (Å²) in [7, 11) is -2.51. The number of para-hydroxylation sites is 1. The summed E-state index contributed by atoms with van der Waals surface area (Å²) in [6.07, 6.45) is 1.61. The number of hydrogen-bond donors (Lipinski definition) is 3. The van der Waals surface area contributed by atoms with Crippen LogP contribution >= 0.6 is 0 Å². The average Bonchev–Trinajstić information content (AvgIpc) is 3.33. The lowest BCUT2D eigenvalue weighted by atomic mass is 10.1. The van der Waals surface area contributed by atoms with Crippen LogP contribution in [0.15, 0.2) is 45.9 Å². The van der Waals surface area contributed by atoms with Gasteiger partial charge < -0.3 is 15.5 Å². The molecule has 2 aromatic rings. The summed E-state index contributed by atoms with van der Waals surface area (Å²) in [5.41, 5.74) is 6.84. The van der Waals surface area contributed by atoms with E-state index in [1.54, 1.807) is 12.1 Å². The quantitative estimate of drug-likeness (QED) is 0.625. The van der Waals surface area contributed by atoms with Crippen LogP contribution in [-0.2, 0) is 21.4 Å². The molecule has 0 spiro atoms. The Hall–Kier alpha value is -2.69. The largest absolute Gasteiger partial charge is 0.438 e. The van der Waals surface area contributed by atoms with Crippen LogP contribution in [0.25, 0.3) is 0 Å². The molecular weight excluding hydrogens is 384 g/mol. The molecule has 150 valence electrons. The molecule has 1 saturated heterocycles. The maximum absolute atomic E-state index is 12.5. The van der Waals surface area contributed by atoms with Gasteiger partial charge >= 0.3 is 0 Å². The SMILES string of the molecule is CNS(=O)(=O)c1ccc(C(=O)Nc2ccccc2CN2CCCC2C(N)=O)o1. The summed E-state index contributed by atoms with van der Waals surface area (Å²) in [5, 5.41) is 2.40. The van der Waals surface area contributed by atoms with Crippen molar-refractivity contribution in [3.8, 4) is 0 Å².